The fraction of sp³-hybridized carbons (Fsp3) is 0.588. The Bertz CT molecular complexity index is 394. The van der Waals surface area contributed by atoms with Gasteiger partial charge in [-0.25, -0.2) is 0 Å². The van der Waals surface area contributed by atoms with E-state index >= 15 is 0 Å². The summed E-state index contributed by atoms with van der Waals surface area (Å²) in [4.78, 5) is 2.58. The van der Waals surface area contributed by atoms with Crippen molar-refractivity contribution in [2.75, 3.05) is 26.2 Å². The number of hydrogen-bond acceptors (Lipinski definition) is 3. The van der Waals surface area contributed by atoms with Crippen LogP contribution in [0.4, 0.5) is 0 Å². The van der Waals surface area contributed by atoms with Gasteiger partial charge in [-0.15, -0.1) is 0 Å². The van der Waals surface area contributed by atoms with Gasteiger partial charge in [-0.05, 0) is 51.4 Å². The van der Waals surface area contributed by atoms with Gasteiger partial charge in [-0.1, -0.05) is 36.8 Å². The normalized spacial score (nSPS) is 17.1. The lowest BCUT2D eigenvalue weighted by atomic mass is 10.1. The average molecular weight is 273 g/mol. The van der Waals surface area contributed by atoms with Crippen LogP contribution in [0.15, 0.2) is 35.4 Å². The first-order chi connectivity index (χ1) is 9.84. The monoisotopic (exact) mass is 273 g/mol. The molecule has 1 saturated heterocycles. The van der Waals surface area contributed by atoms with Gasteiger partial charge >= 0.3 is 0 Å². The van der Waals surface area contributed by atoms with Crippen molar-refractivity contribution in [1.29, 1.82) is 0 Å². The third kappa shape index (κ3) is 5.74. The molecule has 110 valence electrons. The van der Waals surface area contributed by atoms with E-state index in [2.05, 4.69) is 52.7 Å². The summed E-state index contributed by atoms with van der Waals surface area (Å²) in [5.74, 6) is 0. The lowest BCUT2D eigenvalue weighted by Crippen LogP contribution is -2.31. The zero-order chi connectivity index (χ0) is 14.0. The van der Waals surface area contributed by atoms with Gasteiger partial charge in [0, 0.05) is 18.7 Å². The van der Waals surface area contributed by atoms with Gasteiger partial charge in [0.05, 0.1) is 0 Å². The van der Waals surface area contributed by atoms with Crippen LogP contribution >= 0.6 is 0 Å². The predicted octanol–water partition coefficient (Wildman–Crippen LogP) is 3.07. The summed E-state index contributed by atoms with van der Waals surface area (Å²) >= 11 is 0. The summed E-state index contributed by atoms with van der Waals surface area (Å²) < 4.78 is 0. The van der Waals surface area contributed by atoms with Crippen LogP contribution in [-0.4, -0.2) is 36.8 Å². The molecular formula is C17H27N3. The number of piperidine rings is 1. The van der Waals surface area contributed by atoms with E-state index in [1.165, 1.54) is 50.9 Å². The van der Waals surface area contributed by atoms with Crippen molar-refractivity contribution in [3.05, 3.63) is 35.9 Å². The molecule has 2 rings (SSSR count). The quantitative estimate of drug-likeness (QED) is 0.470. The summed E-state index contributed by atoms with van der Waals surface area (Å²) in [7, 11) is 0. The Hall–Kier alpha value is -1.35. The lowest BCUT2D eigenvalue weighted by Gasteiger charge is -2.26. The molecule has 0 aliphatic carbocycles. The van der Waals surface area contributed by atoms with Gasteiger partial charge in [0.2, 0.25) is 0 Å². The van der Waals surface area contributed by atoms with Gasteiger partial charge in [0.1, 0.15) is 0 Å². The van der Waals surface area contributed by atoms with E-state index < -0.39 is 0 Å². The van der Waals surface area contributed by atoms with E-state index in [1.54, 1.807) is 0 Å². The Morgan fingerprint density at radius 2 is 1.90 bits per heavy atom. The Morgan fingerprint density at radius 1 is 1.15 bits per heavy atom. The van der Waals surface area contributed by atoms with Crippen molar-refractivity contribution >= 4 is 5.71 Å². The maximum Gasteiger partial charge on any atom is 0.0391 e. The molecule has 0 spiro atoms. The largest absolute Gasteiger partial charge is 0.310 e. The van der Waals surface area contributed by atoms with E-state index in [-0.39, 0.29) is 0 Å². The van der Waals surface area contributed by atoms with Crippen molar-refractivity contribution in [3.63, 3.8) is 0 Å². The number of hydrogen-bond donors (Lipinski definition) is 1. The highest BCUT2D eigenvalue weighted by Gasteiger charge is 2.08. The highest BCUT2D eigenvalue weighted by Crippen LogP contribution is 2.08. The van der Waals surface area contributed by atoms with Crippen LogP contribution in [-0.2, 0) is 6.42 Å². The molecule has 1 N–H and O–H groups in total. The fourth-order valence-electron chi connectivity index (χ4n) is 2.69. The van der Waals surface area contributed by atoms with E-state index in [9.17, 15) is 0 Å². The Morgan fingerprint density at radius 3 is 2.65 bits per heavy atom. The second-order valence-electron chi connectivity index (χ2n) is 5.67. The molecule has 3 nitrogen and oxygen atoms in total. The molecule has 20 heavy (non-hydrogen) atoms. The van der Waals surface area contributed by atoms with Crippen molar-refractivity contribution in [3.8, 4) is 0 Å². The minimum Gasteiger partial charge on any atom is -0.310 e. The van der Waals surface area contributed by atoms with E-state index in [0.29, 0.717) is 0 Å². The first-order valence-corrected chi connectivity index (χ1v) is 7.87. The minimum absolute atomic E-state index is 0.931. The second-order valence-corrected chi connectivity index (χ2v) is 5.67. The number of likely N-dealkylation sites (tertiary alicyclic amines) is 1. The Balaban J connectivity index is 1.58. The number of benzene rings is 1. The molecule has 0 aromatic heterocycles. The third-order valence-corrected chi connectivity index (χ3v) is 3.78. The molecule has 1 aromatic carbocycles. The molecule has 0 unspecified atom stereocenters. The zero-order valence-corrected chi connectivity index (χ0v) is 12.6. The van der Waals surface area contributed by atoms with Crippen molar-refractivity contribution in [2.45, 2.75) is 39.0 Å². The lowest BCUT2D eigenvalue weighted by molar-refractivity contribution is 0.226. The predicted molar refractivity (Wildman–Crippen MR) is 86.2 cm³/mol. The third-order valence-electron chi connectivity index (χ3n) is 3.78. The van der Waals surface area contributed by atoms with Crippen LogP contribution in [0.5, 0.6) is 0 Å². The molecule has 1 fully saturated rings. The van der Waals surface area contributed by atoms with Crippen LogP contribution in [0.1, 0.15) is 38.2 Å². The first kappa shape index (κ1) is 15.0. The summed E-state index contributed by atoms with van der Waals surface area (Å²) in [6.07, 6.45) is 6.28. The Kier molecular flexibility index (Phi) is 6.58. The number of nitrogens with zero attached hydrogens (tertiary/aromatic N) is 2. The van der Waals surface area contributed by atoms with Gasteiger partial charge in [-0.2, -0.15) is 5.10 Å². The summed E-state index contributed by atoms with van der Waals surface area (Å²) in [5, 5.41) is 4.45. The van der Waals surface area contributed by atoms with Crippen molar-refractivity contribution in [1.82, 2.24) is 10.3 Å². The summed E-state index contributed by atoms with van der Waals surface area (Å²) in [6.45, 7) is 6.85. The standard InChI is InChI=1S/C17H27N3/c1-16(15-17-9-4-2-5-10-17)19-18-11-8-14-20-12-6-3-7-13-20/h2,4-5,9-10,18H,3,6-8,11-15H2,1H3/b19-16+. The zero-order valence-electron chi connectivity index (χ0n) is 12.6. The van der Waals surface area contributed by atoms with Crippen LogP contribution in [0.25, 0.3) is 0 Å². The molecule has 0 bridgehead atoms. The molecule has 0 amide bonds. The van der Waals surface area contributed by atoms with Crippen molar-refractivity contribution < 1.29 is 0 Å². The Labute approximate surface area is 123 Å². The smallest absolute Gasteiger partial charge is 0.0391 e. The van der Waals surface area contributed by atoms with Crippen LogP contribution in [0.3, 0.4) is 0 Å². The highest BCUT2D eigenvalue weighted by atomic mass is 15.3. The fourth-order valence-corrected chi connectivity index (χ4v) is 2.69. The SMILES string of the molecule is C/C(Cc1ccccc1)=N\NCCCN1CCCCC1. The van der Waals surface area contributed by atoms with E-state index in [4.69, 9.17) is 0 Å². The molecule has 0 saturated carbocycles. The number of hydrazone groups is 1. The topological polar surface area (TPSA) is 27.6 Å². The van der Waals surface area contributed by atoms with Gasteiger partial charge in [0.15, 0.2) is 0 Å². The van der Waals surface area contributed by atoms with Crippen LogP contribution < -0.4 is 5.43 Å². The van der Waals surface area contributed by atoms with Gasteiger partial charge in [0.25, 0.3) is 0 Å². The van der Waals surface area contributed by atoms with Crippen LogP contribution in [0, 0.1) is 0 Å². The molecule has 1 aromatic rings. The van der Waals surface area contributed by atoms with Crippen LogP contribution in [0.2, 0.25) is 0 Å². The number of rotatable bonds is 7. The van der Waals surface area contributed by atoms with E-state index in [0.717, 1.165) is 18.7 Å². The van der Waals surface area contributed by atoms with Gasteiger partial charge < -0.3 is 10.3 Å². The summed E-state index contributed by atoms with van der Waals surface area (Å²) in [6, 6.07) is 10.5. The maximum atomic E-state index is 4.45. The molecule has 0 atom stereocenters. The maximum absolute atomic E-state index is 4.45. The molecule has 0 radical (unpaired) electrons. The minimum atomic E-state index is 0.931. The molecule has 1 aliphatic rings. The van der Waals surface area contributed by atoms with Crippen molar-refractivity contribution in [2.24, 2.45) is 5.10 Å². The first-order valence-electron chi connectivity index (χ1n) is 7.87. The molecule has 3 heteroatoms. The molecular weight excluding hydrogens is 246 g/mol. The highest BCUT2D eigenvalue weighted by molar-refractivity contribution is 5.83. The average Bonchev–Trinajstić information content (AvgIpc) is 2.49. The van der Waals surface area contributed by atoms with E-state index in [1.807, 2.05) is 0 Å². The number of nitrogens with one attached hydrogen (secondary N) is 1. The molecule has 1 aliphatic heterocycles. The summed E-state index contributed by atoms with van der Waals surface area (Å²) in [5.41, 5.74) is 5.68. The van der Waals surface area contributed by atoms with Gasteiger partial charge in [-0.3, -0.25) is 0 Å². The molecule has 1 heterocycles. The second kappa shape index (κ2) is 8.75.